The number of nitrogens with one attached hydrogen (secondary N) is 1. The zero-order valence-corrected chi connectivity index (χ0v) is 19.9. The van der Waals surface area contributed by atoms with Gasteiger partial charge in [-0.25, -0.2) is 4.57 Å². The highest BCUT2D eigenvalue weighted by Crippen LogP contribution is 2.55. The van der Waals surface area contributed by atoms with Gasteiger partial charge in [-0.05, 0) is 89.6 Å². The number of carbonyl (C=O) groups excluding carboxylic acids is 1. The molecule has 0 atom stereocenters. The Hall–Kier alpha value is -1.79. The fraction of sp³-hybridized carbons (Fsp3) is 0.409. The Morgan fingerprint density at radius 1 is 0.900 bits per heavy atom. The molecule has 30 heavy (non-hydrogen) atoms. The first-order chi connectivity index (χ1) is 13.8. The van der Waals surface area contributed by atoms with Crippen molar-refractivity contribution >= 4 is 31.2 Å². The van der Waals surface area contributed by atoms with Crippen molar-refractivity contribution in [2.45, 2.75) is 69.0 Å². The minimum atomic E-state index is -3.83. The maximum absolute atomic E-state index is 13.2. The molecule has 0 spiro atoms. The molecule has 0 bridgehead atoms. The second kappa shape index (κ2) is 8.39. The first-order valence-corrected chi connectivity index (χ1v) is 12.0. The van der Waals surface area contributed by atoms with E-state index in [4.69, 9.17) is 13.6 Å². The van der Waals surface area contributed by atoms with Crippen LogP contribution in [0.3, 0.4) is 0 Å². The second-order valence-electron chi connectivity index (χ2n) is 9.06. The molecule has 162 valence electrons. The summed E-state index contributed by atoms with van der Waals surface area (Å²) in [5.41, 5.74) is 0.493. The van der Waals surface area contributed by atoms with Crippen molar-refractivity contribution < 1.29 is 22.9 Å². The molecule has 0 unspecified atom stereocenters. The number of amides is 1. The van der Waals surface area contributed by atoms with E-state index in [1.54, 1.807) is 65.4 Å². The SMILES string of the molecule is CC(C)(C)OP(=O)(Oc1ccc(Sc2ccc3c(c2)CC(=O)N3)cc1)OC(C)(C)C. The van der Waals surface area contributed by atoms with Crippen LogP contribution in [0, 0.1) is 0 Å². The Kier molecular flexibility index (Phi) is 6.40. The molecule has 1 aliphatic heterocycles. The molecular formula is C22H28NO5PS. The number of fused-ring (bicyclic) bond motifs is 1. The highest BCUT2D eigenvalue weighted by molar-refractivity contribution is 7.99. The van der Waals surface area contributed by atoms with Crippen LogP contribution in [-0.2, 0) is 24.8 Å². The number of benzene rings is 2. The second-order valence-corrected chi connectivity index (χ2v) is 11.7. The van der Waals surface area contributed by atoms with Gasteiger partial charge in [0, 0.05) is 15.5 Å². The van der Waals surface area contributed by atoms with Crippen LogP contribution in [0.2, 0.25) is 0 Å². The minimum absolute atomic E-state index is 0.0213. The molecule has 2 aromatic carbocycles. The number of carbonyl (C=O) groups is 1. The summed E-state index contributed by atoms with van der Waals surface area (Å²) in [4.78, 5) is 13.5. The van der Waals surface area contributed by atoms with E-state index >= 15 is 0 Å². The van der Waals surface area contributed by atoms with Crippen LogP contribution in [0.25, 0.3) is 0 Å². The van der Waals surface area contributed by atoms with Gasteiger partial charge >= 0.3 is 7.82 Å². The molecule has 1 heterocycles. The van der Waals surface area contributed by atoms with Crippen LogP contribution >= 0.6 is 19.6 Å². The molecular weight excluding hydrogens is 421 g/mol. The first kappa shape index (κ1) is 22.9. The first-order valence-electron chi connectivity index (χ1n) is 9.72. The average molecular weight is 450 g/mol. The number of anilines is 1. The van der Waals surface area contributed by atoms with Crippen LogP contribution in [0.1, 0.15) is 47.1 Å². The highest BCUT2D eigenvalue weighted by Gasteiger charge is 2.38. The fourth-order valence-corrected chi connectivity index (χ4v) is 5.54. The molecule has 0 saturated carbocycles. The van der Waals surface area contributed by atoms with Gasteiger partial charge < -0.3 is 9.84 Å². The van der Waals surface area contributed by atoms with E-state index in [-0.39, 0.29) is 5.91 Å². The lowest BCUT2D eigenvalue weighted by Gasteiger charge is -2.30. The van der Waals surface area contributed by atoms with Crippen molar-refractivity contribution in [1.82, 2.24) is 0 Å². The summed E-state index contributed by atoms with van der Waals surface area (Å²) in [7, 11) is -3.83. The molecule has 1 N–H and O–H groups in total. The summed E-state index contributed by atoms with van der Waals surface area (Å²) >= 11 is 1.58. The number of hydrogen-bond donors (Lipinski definition) is 1. The van der Waals surface area contributed by atoms with Crippen molar-refractivity contribution in [2.75, 3.05) is 5.32 Å². The zero-order chi connectivity index (χ0) is 22.2. The number of hydrogen-bond acceptors (Lipinski definition) is 6. The molecule has 2 aromatic rings. The summed E-state index contributed by atoms with van der Waals surface area (Å²) in [6.45, 7) is 10.8. The van der Waals surface area contributed by atoms with Crippen LogP contribution < -0.4 is 9.84 Å². The van der Waals surface area contributed by atoms with E-state index < -0.39 is 19.0 Å². The van der Waals surface area contributed by atoms with Crippen molar-refractivity contribution in [3.8, 4) is 5.75 Å². The summed E-state index contributed by atoms with van der Waals surface area (Å²) in [5.74, 6) is 0.424. The molecule has 6 nitrogen and oxygen atoms in total. The molecule has 0 fully saturated rings. The Bertz CT molecular complexity index is 957. The normalized spacial score (nSPS) is 14.4. The lowest BCUT2D eigenvalue weighted by molar-refractivity contribution is -0.115. The zero-order valence-electron chi connectivity index (χ0n) is 18.1. The number of phosphoric acid groups is 1. The summed E-state index contributed by atoms with van der Waals surface area (Å²) in [6, 6.07) is 13.2. The predicted octanol–water partition coefficient (Wildman–Crippen LogP) is 6.45. The van der Waals surface area contributed by atoms with Crippen molar-refractivity contribution in [2.24, 2.45) is 0 Å². The quantitative estimate of drug-likeness (QED) is 0.511. The molecule has 0 aliphatic carbocycles. The molecule has 0 radical (unpaired) electrons. The Balaban J connectivity index is 1.72. The van der Waals surface area contributed by atoms with E-state index in [1.165, 1.54) is 0 Å². The van der Waals surface area contributed by atoms with E-state index in [9.17, 15) is 9.36 Å². The lowest BCUT2D eigenvalue weighted by atomic mass is 10.2. The number of rotatable bonds is 6. The van der Waals surface area contributed by atoms with E-state index in [0.29, 0.717) is 12.2 Å². The lowest BCUT2D eigenvalue weighted by Crippen LogP contribution is -2.25. The van der Waals surface area contributed by atoms with Crippen LogP contribution in [0.4, 0.5) is 5.69 Å². The average Bonchev–Trinajstić information content (AvgIpc) is 2.92. The topological polar surface area (TPSA) is 73.9 Å². The van der Waals surface area contributed by atoms with Gasteiger partial charge in [0.1, 0.15) is 5.75 Å². The van der Waals surface area contributed by atoms with Crippen molar-refractivity contribution in [3.63, 3.8) is 0 Å². The molecule has 1 amide bonds. The standard InChI is InChI=1S/C22H28NO5PS/c1-21(2,3)27-29(25,28-22(4,5)6)26-16-7-9-17(10-8-16)30-18-11-12-19-15(13-18)14-20(24)23-19/h7-13H,14H2,1-6H3,(H,23,24). The minimum Gasteiger partial charge on any atom is -0.404 e. The third-order valence-corrected chi connectivity index (χ3v) is 6.72. The third kappa shape index (κ3) is 6.61. The molecule has 3 rings (SSSR count). The molecule has 8 heteroatoms. The molecule has 0 saturated heterocycles. The van der Waals surface area contributed by atoms with Gasteiger partial charge in [-0.15, -0.1) is 0 Å². The van der Waals surface area contributed by atoms with Crippen LogP contribution in [0.5, 0.6) is 5.75 Å². The Morgan fingerprint density at radius 2 is 1.47 bits per heavy atom. The van der Waals surface area contributed by atoms with E-state index in [2.05, 4.69) is 5.32 Å². The molecule has 0 aromatic heterocycles. The predicted molar refractivity (Wildman–Crippen MR) is 119 cm³/mol. The Morgan fingerprint density at radius 3 is 2.03 bits per heavy atom. The van der Waals surface area contributed by atoms with Crippen LogP contribution in [-0.4, -0.2) is 17.1 Å². The van der Waals surface area contributed by atoms with E-state index in [1.807, 2.05) is 30.3 Å². The van der Waals surface area contributed by atoms with E-state index in [0.717, 1.165) is 21.0 Å². The van der Waals surface area contributed by atoms with Gasteiger partial charge in [0.05, 0.1) is 17.6 Å². The summed E-state index contributed by atoms with van der Waals surface area (Å²) in [5, 5.41) is 2.83. The monoisotopic (exact) mass is 449 g/mol. The maximum Gasteiger partial charge on any atom is 0.531 e. The van der Waals surface area contributed by atoms with Crippen molar-refractivity contribution in [3.05, 3.63) is 48.0 Å². The largest absolute Gasteiger partial charge is 0.531 e. The Labute approximate surface area is 182 Å². The summed E-state index contributed by atoms with van der Waals surface area (Å²) < 4.78 is 30.2. The molecule has 1 aliphatic rings. The van der Waals surface area contributed by atoms with Gasteiger partial charge in [-0.3, -0.25) is 13.8 Å². The third-order valence-electron chi connectivity index (χ3n) is 3.75. The summed E-state index contributed by atoms with van der Waals surface area (Å²) in [6.07, 6.45) is 0.410. The smallest absolute Gasteiger partial charge is 0.404 e. The van der Waals surface area contributed by atoms with Gasteiger partial charge in [0.2, 0.25) is 5.91 Å². The fourth-order valence-electron chi connectivity index (χ4n) is 2.83. The van der Waals surface area contributed by atoms with Gasteiger partial charge in [-0.1, -0.05) is 11.8 Å². The van der Waals surface area contributed by atoms with Crippen molar-refractivity contribution in [1.29, 1.82) is 0 Å². The number of phosphoric ester groups is 1. The van der Waals surface area contributed by atoms with Gasteiger partial charge in [-0.2, -0.15) is 0 Å². The highest BCUT2D eigenvalue weighted by atomic mass is 32.2. The van der Waals surface area contributed by atoms with Crippen LogP contribution in [0.15, 0.2) is 52.3 Å². The van der Waals surface area contributed by atoms with Gasteiger partial charge in [0.25, 0.3) is 0 Å². The van der Waals surface area contributed by atoms with Gasteiger partial charge in [0.15, 0.2) is 0 Å². The maximum atomic E-state index is 13.2.